The molecule has 102 valence electrons. The minimum Gasteiger partial charge on any atom is -0.361 e. The lowest BCUT2D eigenvalue weighted by Gasteiger charge is -2.11. The van der Waals surface area contributed by atoms with Crippen LogP contribution in [0.5, 0.6) is 0 Å². The van der Waals surface area contributed by atoms with Crippen molar-refractivity contribution in [2.45, 2.75) is 33.1 Å². The molecule has 2 rings (SSSR count). The van der Waals surface area contributed by atoms with Gasteiger partial charge in [-0.15, -0.1) is 0 Å². The molecule has 7 nitrogen and oxygen atoms in total. The maximum absolute atomic E-state index is 11.8. The van der Waals surface area contributed by atoms with Crippen molar-refractivity contribution in [3.63, 3.8) is 0 Å². The first-order chi connectivity index (χ1) is 9.08. The number of rotatable bonds is 4. The van der Waals surface area contributed by atoms with Gasteiger partial charge in [-0.3, -0.25) is 9.59 Å². The standard InChI is InChI=1S/C12H16N4O3/c1-7-9(8(2)19-16-7)5-6-13-12(18)10-3-4-11(17)15-14-10/h3-6H2,1-2H3,(H,13,18)(H,15,17). The molecule has 7 heteroatoms. The number of carbonyl (C=O) groups excluding carboxylic acids is 2. The lowest BCUT2D eigenvalue weighted by atomic mass is 10.1. The van der Waals surface area contributed by atoms with E-state index in [9.17, 15) is 9.59 Å². The van der Waals surface area contributed by atoms with Crippen LogP contribution in [0.2, 0.25) is 0 Å². The summed E-state index contributed by atoms with van der Waals surface area (Å²) in [5, 5.41) is 10.4. The lowest BCUT2D eigenvalue weighted by Crippen LogP contribution is -2.37. The predicted molar refractivity (Wildman–Crippen MR) is 67.5 cm³/mol. The van der Waals surface area contributed by atoms with Gasteiger partial charge in [0.1, 0.15) is 11.5 Å². The van der Waals surface area contributed by atoms with E-state index >= 15 is 0 Å². The first-order valence-electron chi connectivity index (χ1n) is 6.13. The summed E-state index contributed by atoms with van der Waals surface area (Å²) in [7, 11) is 0. The normalized spacial score (nSPS) is 14.8. The van der Waals surface area contributed by atoms with Gasteiger partial charge in [0.25, 0.3) is 5.91 Å². The van der Waals surface area contributed by atoms with Crippen LogP contribution in [0.15, 0.2) is 9.62 Å². The van der Waals surface area contributed by atoms with Gasteiger partial charge in [-0.2, -0.15) is 5.10 Å². The van der Waals surface area contributed by atoms with E-state index in [0.717, 1.165) is 17.0 Å². The Morgan fingerprint density at radius 3 is 2.79 bits per heavy atom. The van der Waals surface area contributed by atoms with Crippen molar-refractivity contribution < 1.29 is 14.1 Å². The summed E-state index contributed by atoms with van der Waals surface area (Å²) in [5.41, 5.74) is 4.51. The highest BCUT2D eigenvalue weighted by Crippen LogP contribution is 2.12. The second-order valence-corrected chi connectivity index (χ2v) is 4.40. The second kappa shape index (κ2) is 5.64. The van der Waals surface area contributed by atoms with E-state index in [1.54, 1.807) is 0 Å². The number of hydrogen-bond acceptors (Lipinski definition) is 5. The highest BCUT2D eigenvalue weighted by molar-refractivity contribution is 6.39. The maximum atomic E-state index is 11.8. The maximum Gasteiger partial charge on any atom is 0.267 e. The fraction of sp³-hybridized carbons (Fsp3) is 0.500. The van der Waals surface area contributed by atoms with Crippen LogP contribution in [0.1, 0.15) is 29.9 Å². The molecule has 1 aliphatic rings. The second-order valence-electron chi connectivity index (χ2n) is 4.40. The highest BCUT2D eigenvalue weighted by atomic mass is 16.5. The van der Waals surface area contributed by atoms with Gasteiger partial charge < -0.3 is 9.84 Å². The number of hydrogen-bond donors (Lipinski definition) is 2. The van der Waals surface area contributed by atoms with E-state index in [-0.39, 0.29) is 11.8 Å². The molecule has 19 heavy (non-hydrogen) atoms. The monoisotopic (exact) mass is 264 g/mol. The van der Waals surface area contributed by atoms with Crippen LogP contribution in [-0.2, 0) is 16.0 Å². The van der Waals surface area contributed by atoms with Gasteiger partial charge >= 0.3 is 0 Å². The van der Waals surface area contributed by atoms with Gasteiger partial charge in [-0.05, 0) is 20.3 Å². The summed E-state index contributed by atoms with van der Waals surface area (Å²) in [5.74, 6) is 0.369. The van der Waals surface area contributed by atoms with Gasteiger partial charge in [0.05, 0.1) is 5.69 Å². The fourth-order valence-corrected chi connectivity index (χ4v) is 1.90. The van der Waals surface area contributed by atoms with E-state index in [1.807, 2.05) is 13.8 Å². The molecule has 0 unspecified atom stereocenters. The minimum atomic E-state index is -0.244. The van der Waals surface area contributed by atoms with Gasteiger partial charge in [-0.1, -0.05) is 5.16 Å². The van der Waals surface area contributed by atoms with Crippen LogP contribution in [0.4, 0.5) is 0 Å². The van der Waals surface area contributed by atoms with Crippen LogP contribution in [0, 0.1) is 13.8 Å². The predicted octanol–water partition coefficient (Wildman–Crippen LogP) is 0.216. The van der Waals surface area contributed by atoms with Crippen molar-refractivity contribution in [2.24, 2.45) is 5.10 Å². The molecule has 0 radical (unpaired) electrons. The SMILES string of the molecule is Cc1noc(C)c1CCNC(=O)C1=NNC(=O)CC1. The van der Waals surface area contributed by atoms with Crippen LogP contribution < -0.4 is 10.7 Å². The third kappa shape index (κ3) is 3.18. The van der Waals surface area contributed by atoms with Crippen molar-refractivity contribution in [3.8, 4) is 0 Å². The molecule has 0 bridgehead atoms. The molecular formula is C12H16N4O3. The van der Waals surface area contributed by atoms with Crippen molar-refractivity contribution in [2.75, 3.05) is 6.54 Å². The summed E-state index contributed by atoms with van der Waals surface area (Å²) in [4.78, 5) is 22.7. The zero-order chi connectivity index (χ0) is 13.8. The molecule has 1 aliphatic heterocycles. The van der Waals surface area contributed by atoms with E-state index < -0.39 is 0 Å². The van der Waals surface area contributed by atoms with Crippen LogP contribution in [0.25, 0.3) is 0 Å². The average Bonchev–Trinajstić information content (AvgIpc) is 2.71. The fourth-order valence-electron chi connectivity index (χ4n) is 1.90. The number of nitrogens with zero attached hydrogens (tertiary/aromatic N) is 2. The zero-order valence-corrected chi connectivity index (χ0v) is 10.9. The molecule has 0 saturated carbocycles. The molecule has 0 saturated heterocycles. The van der Waals surface area contributed by atoms with Crippen molar-refractivity contribution in [3.05, 3.63) is 17.0 Å². The Balaban J connectivity index is 1.83. The largest absolute Gasteiger partial charge is 0.361 e. The lowest BCUT2D eigenvalue weighted by molar-refractivity contribution is -0.121. The van der Waals surface area contributed by atoms with Crippen molar-refractivity contribution in [1.29, 1.82) is 0 Å². The molecule has 1 aromatic rings. The van der Waals surface area contributed by atoms with E-state index in [1.165, 1.54) is 0 Å². The Labute approximate surface area is 110 Å². The molecule has 2 amide bonds. The number of aromatic nitrogens is 1. The van der Waals surface area contributed by atoms with Gasteiger partial charge in [0.2, 0.25) is 5.91 Å². The first kappa shape index (κ1) is 13.3. The van der Waals surface area contributed by atoms with E-state index in [2.05, 4.69) is 21.0 Å². The molecule has 0 spiro atoms. The Hall–Kier alpha value is -2.18. The number of aryl methyl sites for hydroxylation is 2. The summed E-state index contributed by atoms with van der Waals surface area (Å²) in [6.45, 7) is 4.20. The van der Waals surface area contributed by atoms with Crippen LogP contribution in [-0.4, -0.2) is 29.2 Å². The van der Waals surface area contributed by atoms with Gasteiger partial charge in [-0.25, -0.2) is 5.43 Å². The third-order valence-corrected chi connectivity index (χ3v) is 3.01. The Morgan fingerprint density at radius 1 is 1.42 bits per heavy atom. The molecule has 0 aromatic carbocycles. The number of nitrogens with one attached hydrogen (secondary N) is 2. The van der Waals surface area contributed by atoms with Gasteiger partial charge in [0.15, 0.2) is 0 Å². The van der Waals surface area contributed by atoms with Crippen molar-refractivity contribution in [1.82, 2.24) is 15.9 Å². The quantitative estimate of drug-likeness (QED) is 0.812. The zero-order valence-electron chi connectivity index (χ0n) is 10.9. The third-order valence-electron chi connectivity index (χ3n) is 3.01. The van der Waals surface area contributed by atoms with E-state index in [4.69, 9.17) is 4.52 Å². The van der Waals surface area contributed by atoms with Gasteiger partial charge in [0, 0.05) is 24.9 Å². The highest BCUT2D eigenvalue weighted by Gasteiger charge is 2.18. The smallest absolute Gasteiger partial charge is 0.267 e. The molecular weight excluding hydrogens is 248 g/mol. The molecule has 0 aliphatic carbocycles. The Bertz CT molecular complexity index is 514. The summed E-state index contributed by atoms with van der Waals surface area (Å²) in [6, 6.07) is 0. The van der Waals surface area contributed by atoms with Crippen molar-refractivity contribution >= 4 is 17.5 Å². The number of hydrazone groups is 1. The minimum absolute atomic E-state index is 0.160. The molecule has 2 N–H and O–H groups in total. The number of amides is 2. The summed E-state index contributed by atoms with van der Waals surface area (Å²) >= 11 is 0. The molecule has 2 heterocycles. The summed E-state index contributed by atoms with van der Waals surface area (Å²) in [6.07, 6.45) is 1.34. The Kier molecular flexibility index (Phi) is 3.94. The molecule has 0 fully saturated rings. The van der Waals surface area contributed by atoms with Crippen LogP contribution in [0.3, 0.4) is 0 Å². The topological polar surface area (TPSA) is 96.6 Å². The number of carbonyl (C=O) groups is 2. The van der Waals surface area contributed by atoms with E-state index in [0.29, 0.717) is 31.5 Å². The first-order valence-corrected chi connectivity index (χ1v) is 6.13. The average molecular weight is 264 g/mol. The van der Waals surface area contributed by atoms with Crippen LogP contribution >= 0.6 is 0 Å². The molecule has 1 aromatic heterocycles. The summed E-state index contributed by atoms with van der Waals surface area (Å²) < 4.78 is 5.05. The molecule has 0 atom stereocenters. The Morgan fingerprint density at radius 2 is 2.21 bits per heavy atom.